The van der Waals surface area contributed by atoms with Crippen molar-refractivity contribution in [1.29, 1.82) is 0 Å². The maximum Gasteiger partial charge on any atom is 0.153 e. The summed E-state index contributed by atoms with van der Waals surface area (Å²) in [5, 5.41) is 1.36. The molecule has 31 heavy (non-hydrogen) atoms. The summed E-state index contributed by atoms with van der Waals surface area (Å²) in [5.41, 5.74) is 0.619. The minimum atomic E-state index is -3.27. The molecule has 1 nitrogen and oxygen atoms in total. The number of rotatable bonds is 6. The number of hydrogen-bond donors (Lipinski definition) is 0. The first-order chi connectivity index (χ1) is 15.1. The van der Waals surface area contributed by atoms with Crippen LogP contribution in [-0.4, -0.2) is 0 Å². The van der Waals surface area contributed by atoms with Gasteiger partial charge in [-0.3, -0.25) is 0 Å². The van der Waals surface area contributed by atoms with Gasteiger partial charge in [0, 0.05) is 10.6 Å². The summed E-state index contributed by atoms with van der Waals surface area (Å²) in [5.74, 6) is -0.743. The molecule has 0 fully saturated rings. The Balaban J connectivity index is 1.93. The van der Waals surface area contributed by atoms with Crippen LogP contribution in [0.3, 0.4) is 0 Å². The molecular weight excluding hydrogens is 409 g/mol. The van der Waals surface area contributed by atoms with Crippen molar-refractivity contribution >= 4 is 23.8 Å². The first-order valence-electron chi connectivity index (χ1n) is 9.97. The van der Waals surface area contributed by atoms with Crippen LogP contribution < -0.4 is 10.6 Å². The highest BCUT2D eigenvalue weighted by atomic mass is 31.2. The van der Waals surface area contributed by atoms with Gasteiger partial charge in [-0.2, -0.15) is 0 Å². The van der Waals surface area contributed by atoms with E-state index in [9.17, 15) is 13.3 Å². The molecule has 154 valence electrons. The molecular formula is C27H21F2OP. The summed E-state index contributed by atoms with van der Waals surface area (Å²) in [6.45, 7) is 0. The molecule has 1 unspecified atom stereocenters. The molecule has 0 aliphatic rings. The molecule has 0 aromatic heterocycles. The number of allylic oxidation sites excluding steroid dienone is 1. The summed E-state index contributed by atoms with van der Waals surface area (Å²) in [6.07, 6.45) is 3.54. The van der Waals surface area contributed by atoms with Crippen molar-refractivity contribution in [3.63, 3.8) is 0 Å². The van der Waals surface area contributed by atoms with Crippen LogP contribution in [0.4, 0.5) is 8.78 Å². The van der Waals surface area contributed by atoms with Gasteiger partial charge >= 0.3 is 0 Å². The fourth-order valence-corrected chi connectivity index (χ4v) is 6.79. The SMILES string of the molecule is O=P(c1ccccc1)(c1ccccc1)C(/C=C/c1cccc(F)c1)c1cccc(F)c1. The molecule has 4 aromatic carbocycles. The van der Waals surface area contributed by atoms with Crippen molar-refractivity contribution in [1.82, 2.24) is 0 Å². The lowest BCUT2D eigenvalue weighted by Gasteiger charge is -2.27. The average molecular weight is 430 g/mol. The molecule has 4 aromatic rings. The maximum atomic E-state index is 14.9. The zero-order valence-corrected chi connectivity index (χ0v) is 17.6. The normalized spacial score (nSPS) is 12.7. The second-order valence-corrected chi connectivity index (χ2v) is 10.1. The summed E-state index contributed by atoms with van der Waals surface area (Å²) in [7, 11) is -3.27. The van der Waals surface area contributed by atoms with E-state index in [1.165, 1.54) is 24.3 Å². The molecule has 0 bridgehead atoms. The predicted molar refractivity (Wildman–Crippen MR) is 124 cm³/mol. The van der Waals surface area contributed by atoms with Crippen LogP contribution in [0.15, 0.2) is 115 Å². The third-order valence-electron chi connectivity index (χ3n) is 5.18. The van der Waals surface area contributed by atoms with Gasteiger partial charge in [-0.05, 0) is 35.4 Å². The van der Waals surface area contributed by atoms with Gasteiger partial charge in [-0.25, -0.2) is 8.78 Å². The molecule has 0 radical (unpaired) electrons. The molecule has 0 amide bonds. The first-order valence-corrected chi connectivity index (χ1v) is 11.8. The fraction of sp³-hybridized carbons (Fsp3) is 0.0370. The molecule has 0 spiro atoms. The minimum absolute atomic E-state index is 0.348. The lowest BCUT2D eigenvalue weighted by Crippen LogP contribution is -2.20. The van der Waals surface area contributed by atoms with Gasteiger partial charge in [-0.1, -0.05) is 97.1 Å². The van der Waals surface area contributed by atoms with Crippen molar-refractivity contribution in [2.75, 3.05) is 0 Å². The number of benzene rings is 4. The van der Waals surface area contributed by atoms with E-state index >= 15 is 0 Å². The van der Waals surface area contributed by atoms with Crippen molar-refractivity contribution in [3.05, 3.63) is 138 Å². The number of halogens is 2. The largest absolute Gasteiger partial charge is 0.313 e. The Bertz CT molecular complexity index is 1190. The standard InChI is InChI=1S/C27H21F2OP/c28-23-11-7-9-21(19-23)17-18-27(22-10-8-12-24(29)20-22)31(30,25-13-3-1-4-14-25)26-15-5-2-6-16-26/h1-20,27H/b18-17+. The quantitative estimate of drug-likeness (QED) is 0.310. The van der Waals surface area contributed by atoms with Gasteiger partial charge in [0.2, 0.25) is 0 Å². The van der Waals surface area contributed by atoms with Gasteiger partial charge in [0.15, 0.2) is 7.14 Å². The Morgan fingerprint density at radius 2 is 1.19 bits per heavy atom. The molecule has 0 heterocycles. The average Bonchev–Trinajstić information content (AvgIpc) is 2.80. The predicted octanol–water partition coefficient (Wildman–Crippen LogP) is 6.73. The molecule has 4 heteroatoms. The monoisotopic (exact) mass is 430 g/mol. The highest BCUT2D eigenvalue weighted by Crippen LogP contribution is 2.58. The molecule has 4 rings (SSSR count). The van der Waals surface area contributed by atoms with E-state index < -0.39 is 18.6 Å². The van der Waals surface area contributed by atoms with E-state index in [2.05, 4.69) is 0 Å². The van der Waals surface area contributed by atoms with Crippen LogP contribution in [-0.2, 0) is 4.57 Å². The molecule has 0 N–H and O–H groups in total. The smallest absolute Gasteiger partial charge is 0.153 e. The summed E-state index contributed by atoms with van der Waals surface area (Å²) in [4.78, 5) is 0. The van der Waals surface area contributed by atoms with Crippen LogP contribution in [0.5, 0.6) is 0 Å². The Hall–Kier alpha value is -3.29. The second kappa shape index (κ2) is 9.24. The Labute approximate surface area is 181 Å². The van der Waals surface area contributed by atoms with Crippen molar-refractivity contribution in [3.8, 4) is 0 Å². The van der Waals surface area contributed by atoms with Crippen LogP contribution in [0.1, 0.15) is 16.8 Å². The number of hydrogen-bond acceptors (Lipinski definition) is 1. The van der Waals surface area contributed by atoms with Gasteiger partial charge in [0.25, 0.3) is 0 Å². The van der Waals surface area contributed by atoms with E-state index in [-0.39, 0.29) is 5.82 Å². The van der Waals surface area contributed by atoms with Crippen molar-refractivity contribution in [2.45, 2.75) is 5.66 Å². The van der Waals surface area contributed by atoms with Crippen molar-refractivity contribution in [2.24, 2.45) is 0 Å². The molecule has 0 saturated heterocycles. The zero-order valence-electron chi connectivity index (χ0n) is 16.7. The Morgan fingerprint density at radius 1 is 0.645 bits per heavy atom. The van der Waals surface area contributed by atoms with Crippen LogP contribution in [0, 0.1) is 11.6 Å². The topological polar surface area (TPSA) is 17.1 Å². The second-order valence-electron chi connectivity index (χ2n) is 7.24. The summed E-state index contributed by atoms with van der Waals surface area (Å²) in [6, 6.07) is 30.9. The molecule has 1 atom stereocenters. The molecule has 0 aliphatic heterocycles. The van der Waals surface area contributed by atoms with E-state index in [0.29, 0.717) is 21.7 Å². The van der Waals surface area contributed by atoms with E-state index in [0.717, 1.165) is 0 Å². The highest BCUT2D eigenvalue weighted by molar-refractivity contribution is 7.79. The minimum Gasteiger partial charge on any atom is -0.313 e. The van der Waals surface area contributed by atoms with Gasteiger partial charge < -0.3 is 4.57 Å². The Kier molecular flexibility index (Phi) is 6.25. The first kappa shape index (κ1) is 21.0. The van der Waals surface area contributed by atoms with Crippen LogP contribution in [0.2, 0.25) is 0 Å². The zero-order chi connectivity index (χ0) is 21.7. The lowest BCUT2D eigenvalue weighted by molar-refractivity contribution is 0.583. The van der Waals surface area contributed by atoms with E-state index in [1.807, 2.05) is 60.7 Å². The van der Waals surface area contributed by atoms with Gasteiger partial charge in [0.1, 0.15) is 11.6 Å². The summed E-state index contributed by atoms with van der Waals surface area (Å²) >= 11 is 0. The third-order valence-corrected chi connectivity index (χ3v) is 8.57. The summed E-state index contributed by atoms with van der Waals surface area (Å²) < 4.78 is 42.7. The van der Waals surface area contributed by atoms with Gasteiger partial charge in [-0.15, -0.1) is 0 Å². The van der Waals surface area contributed by atoms with E-state index in [1.54, 1.807) is 36.4 Å². The maximum absolute atomic E-state index is 14.9. The third kappa shape index (κ3) is 4.57. The van der Waals surface area contributed by atoms with Crippen molar-refractivity contribution < 1.29 is 13.3 Å². The Morgan fingerprint density at radius 3 is 1.74 bits per heavy atom. The van der Waals surface area contributed by atoms with E-state index in [4.69, 9.17) is 0 Å². The lowest BCUT2D eigenvalue weighted by atomic mass is 10.1. The highest BCUT2D eigenvalue weighted by Gasteiger charge is 2.36. The fourth-order valence-electron chi connectivity index (χ4n) is 3.71. The molecule has 0 aliphatic carbocycles. The van der Waals surface area contributed by atoms with Gasteiger partial charge in [0.05, 0.1) is 5.66 Å². The van der Waals surface area contributed by atoms with Crippen LogP contribution in [0.25, 0.3) is 6.08 Å². The molecule has 0 saturated carbocycles. The van der Waals surface area contributed by atoms with Crippen LogP contribution >= 0.6 is 7.14 Å².